The summed E-state index contributed by atoms with van der Waals surface area (Å²) in [5, 5.41) is 8.67. The molecule has 0 aliphatic carbocycles. The van der Waals surface area contributed by atoms with E-state index in [4.69, 9.17) is 20.4 Å². The molecule has 1 heterocycles. The quantitative estimate of drug-likeness (QED) is 0.329. The maximum atomic E-state index is 8.67. The predicted octanol–water partition coefficient (Wildman–Crippen LogP) is 0.840. The van der Waals surface area contributed by atoms with E-state index in [2.05, 4.69) is 15.4 Å². The molecule has 7 nitrogen and oxygen atoms in total. The van der Waals surface area contributed by atoms with Gasteiger partial charge < -0.3 is 20.0 Å². The van der Waals surface area contributed by atoms with Crippen molar-refractivity contribution in [1.29, 1.82) is 0 Å². The minimum atomic E-state index is 0.216. The first-order chi connectivity index (χ1) is 9.30. The standard InChI is InChI=1S/C12H22N4O3/c1-2-18-9-11-14-10(16-13)8-12(15-11)19-7-5-3-4-6-17/h8,17H,2-7,9,13H2,1H3,(H,14,15,16). The van der Waals surface area contributed by atoms with Gasteiger partial charge in [0.05, 0.1) is 6.61 Å². The van der Waals surface area contributed by atoms with Crippen molar-refractivity contribution < 1.29 is 14.6 Å². The molecular formula is C12H22N4O3. The number of ether oxygens (including phenoxy) is 2. The number of aromatic nitrogens is 2. The molecule has 0 saturated heterocycles. The Hall–Kier alpha value is -1.44. The highest BCUT2D eigenvalue weighted by atomic mass is 16.5. The van der Waals surface area contributed by atoms with Gasteiger partial charge in [0.2, 0.25) is 5.88 Å². The van der Waals surface area contributed by atoms with Crippen molar-refractivity contribution >= 4 is 5.82 Å². The summed E-state index contributed by atoms with van der Waals surface area (Å²) in [6.07, 6.45) is 2.59. The van der Waals surface area contributed by atoms with Crippen molar-refractivity contribution in [2.45, 2.75) is 32.8 Å². The molecule has 0 spiro atoms. The molecule has 0 bridgehead atoms. The van der Waals surface area contributed by atoms with Crippen molar-refractivity contribution in [2.24, 2.45) is 5.84 Å². The second-order valence-electron chi connectivity index (χ2n) is 3.92. The van der Waals surface area contributed by atoms with Crippen molar-refractivity contribution in [1.82, 2.24) is 9.97 Å². The van der Waals surface area contributed by atoms with Gasteiger partial charge in [0, 0.05) is 19.3 Å². The number of anilines is 1. The van der Waals surface area contributed by atoms with E-state index in [0.717, 1.165) is 19.3 Å². The molecule has 0 saturated carbocycles. The Labute approximate surface area is 113 Å². The van der Waals surface area contributed by atoms with Crippen LogP contribution in [-0.2, 0) is 11.3 Å². The summed E-state index contributed by atoms with van der Waals surface area (Å²) in [6.45, 7) is 3.60. The Bertz CT molecular complexity index is 363. The number of hydrogen-bond acceptors (Lipinski definition) is 7. The Morgan fingerprint density at radius 2 is 2.16 bits per heavy atom. The van der Waals surface area contributed by atoms with E-state index < -0.39 is 0 Å². The lowest BCUT2D eigenvalue weighted by molar-refractivity contribution is 0.127. The Morgan fingerprint density at radius 3 is 2.84 bits per heavy atom. The lowest BCUT2D eigenvalue weighted by Gasteiger charge is -2.09. The molecule has 0 fully saturated rings. The largest absolute Gasteiger partial charge is 0.478 e. The number of hydrazine groups is 1. The number of unbranched alkanes of at least 4 members (excludes halogenated alkanes) is 2. The maximum absolute atomic E-state index is 8.67. The number of nitrogens with one attached hydrogen (secondary N) is 1. The summed E-state index contributed by atoms with van der Waals surface area (Å²) in [5.41, 5.74) is 2.48. The molecule has 1 aromatic rings. The van der Waals surface area contributed by atoms with Gasteiger partial charge in [-0.2, -0.15) is 4.98 Å². The van der Waals surface area contributed by atoms with Gasteiger partial charge in [-0.05, 0) is 26.2 Å². The fraction of sp³-hybridized carbons (Fsp3) is 0.667. The van der Waals surface area contributed by atoms with Gasteiger partial charge in [0.15, 0.2) is 5.82 Å². The van der Waals surface area contributed by atoms with Crippen molar-refractivity contribution in [2.75, 3.05) is 25.2 Å². The van der Waals surface area contributed by atoms with Crippen molar-refractivity contribution in [3.05, 3.63) is 11.9 Å². The molecule has 0 aliphatic rings. The fourth-order valence-electron chi connectivity index (χ4n) is 1.45. The topological polar surface area (TPSA) is 103 Å². The van der Waals surface area contributed by atoms with Gasteiger partial charge in [0.25, 0.3) is 0 Å². The number of aliphatic hydroxyl groups excluding tert-OH is 1. The second kappa shape index (κ2) is 9.48. The van der Waals surface area contributed by atoms with E-state index >= 15 is 0 Å². The third-order valence-electron chi connectivity index (χ3n) is 2.38. The molecule has 0 radical (unpaired) electrons. The van der Waals surface area contributed by atoms with E-state index in [1.165, 1.54) is 0 Å². The molecule has 1 rings (SSSR count). The highest BCUT2D eigenvalue weighted by Gasteiger charge is 2.05. The molecule has 108 valence electrons. The fourth-order valence-corrected chi connectivity index (χ4v) is 1.45. The first-order valence-corrected chi connectivity index (χ1v) is 6.46. The van der Waals surface area contributed by atoms with Gasteiger partial charge >= 0.3 is 0 Å². The minimum Gasteiger partial charge on any atom is -0.478 e. The predicted molar refractivity (Wildman–Crippen MR) is 71.6 cm³/mol. The SMILES string of the molecule is CCOCc1nc(NN)cc(OCCCCCO)n1. The summed E-state index contributed by atoms with van der Waals surface area (Å²) in [5.74, 6) is 6.85. The molecule has 0 amide bonds. The smallest absolute Gasteiger partial charge is 0.218 e. The van der Waals surface area contributed by atoms with Crippen LogP contribution in [0.4, 0.5) is 5.82 Å². The monoisotopic (exact) mass is 270 g/mol. The number of nitrogens with zero attached hydrogens (tertiary/aromatic N) is 2. The molecule has 4 N–H and O–H groups in total. The van der Waals surface area contributed by atoms with Crippen LogP contribution in [-0.4, -0.2) is 34.9 Å². The molecule has 0 aliphatic heterocycles. The van der Waals surface area contributed by atoms with Crippen LogP contribution in [0.15, 0.2) is 6.07 Å². The van der Waals surface area contributed by atoms with Gasteiger partial charge in [-0.15, -0.1) is 0 Å². The van der Waals surface area contributed by atoms with Gasteiger partial charge in [-0.1, -0.05) is 0 Å². The number of hydrogen-bond donors (Lipinski definition) is 3. The molecule has 19 heavy (non-hydrogen) atoms. The van der Waals surface area contributed by atoms with Gasteiger partial charge in [-0.3, -0.25) is 0 Å². The normalized spacial score (nSPS) is 10.5. The maximum Gasteiger partial charge on any atom is 0.218 e. The summed E-state index contributed by atoms with van der Waals surface area (Å²) in [6, 6.07) is 1.64. The van der Waals surface area contributed by atoms with Crippen LogP contribution in [0, 0.1) is 0 Å². The van der Waals surface area contributed by atoms with Gasteiger partial charge in [-0.25, -0.2) is 10.8 Å². The van der Waals surface area contributed by atoms with Crippen LogP contribution >= 0.6 is 0 Å². The Morgan fingerprint density at radius 1 is 1.32 bits per heavy atom. The average molecular weight is 270 g/mol. The third kappa shape index (κ3) is 6.32. The highest BCUT2D eigenvalue weighted by Crippen LogP contribution is 2.14. The molecule has 0 atom stereocenters. The first-order valence-electron chi connectivity index (χ1n) is 6.46. The first kappa shape index (κ1) is 15.6. The summed E-state index contributed by atoms with van der Waals surface area (Å²) in [7, 11) is 0. The van der Waals surface area contributed by atoms with Crippen LogP contribution in [0.2, 0.25) is 0 Å². The van der Waals surface area contributed by atoms with E-state index in [9.17, 15) is 0 Å². The molecular weight excluding hydrogens is 248 g/mol. The Kier molecular flexibility index (Phi) is 7.80. The highest BCUT2D eigenvalue weighted by molar-refractivity contribution is 5.36. The van der Waals surface area contributed by atoms with Crippen LogP contribution < -0.4 is 16.0 Å². The van der Waals surface area contributed by atoms with Crippen LogP contribution in [0.3, 0.4) is 0 Å². The summed E-state index contributed by atoms with van der Waals surface area (Å²) < 4.78 is 10.8. The molecule has 7 heteroatoms. The average Bonchev–Trinajstić information content (AvgIpc) is 2.44. The van der Waals surface area contributed by atoms with Crippen LogP contribution in [0.25, 0.3) is 0 Å². The van der Waals surface area contributed by atoms with E-state index in [0.29, 0.717) is 37.3 Å². The lowest BCUT2D eigenvalue weighted by atomic mass is 10.2. The number of aliphatic hydroxyl groups is 1. The molecule has 0 aromatic carbocycles. The van der Waals surface area contributed by atoms with Gasteiger partial charge in [0.1, 0.15) is 12.4 Å². The number of rotatable bonds is 10. The summed E-state index contributed by atoms with van der Waals surface area (Å²) >= 11 is 0. The molecule has 0 unspecified atom stereocenters. The van der Waals surface area contributed by atoms with Crippen LogP contribution in [0.1, 0.15) is 32.0 Å². The third-order valence-corrected chi connectivity index (χ3v) is 2.38. The van der Waals surface area contributed by atoms with Crippen LogP contribution in [0.5, 0.6) is 5.88 Å². The zero-order chi connectivity index (χ0) is 13.9. The number of nitrogens with two attached hydrogens (primary N) is 1. The lowest BCUT2D eigenvalue weighted by Crippen LogP contribution is -2.12. The zero-order valence-corrected chi connectivity index (χ0v) is 11.3. The summed E-state index contributed by atoms with van der Waals surface area (Å²) in [4.78, 5) is 8.40. The zero-order valence-electron chi connectivity index (χ0n) is 11.3. The molecule has 1 aromatic heterocycles. The van der Waals surface area contributed by atoms with E-state index in [1.54, 1.807) is 6.07 Å². The van der Waals surface area contributed by atoms with Crippen molar-refractivity contribution in [3.63, 3.8) is 0 Å². The second-order valence-corrected chi connectivity index (χ2v) is 3.92. The minimum absolute atomic E-state index is 0.216. The number of nitrogen functional groups attached to an aromatic ring is 1. The van der Waals surface area contributed by atoms with E-state index in [1.807, 2.05) is 6.92 Å². The Balaban J connectivity index is 2.50. The van der Waals surface area contributed by atoms with E-state index in [-0.39, 0.29) is 6.61 Å². The van der Waals surface area contributed by atoms with Crippen molar-refractivity contribution in [3.8, 4) is 5.88 Å².